The van der Waals surface area contributed by atoms with Crippen molar-refractivity contribution in [3.8, 4) is 0 Å². The second kappa shape index (κ2) is 6.42. The predicted molar refractivity (Wildman–Crippen MR) is 113 cm³/mol. The van der Waals surface area contributed by atoms with Gasteiger partial charge in [0.05, 0.1) is 11.4 Å². The summed E-state index contributed by atoms with van der Waals surface area (Å²) in [5.74, 6) is 2.48. The summed E-state index contributed by atoms with van der Waals surface area (Å²) in [4.78, 5) is 9.82. The van der Waals surface area contributed by atoms with E-state index >= 15 is 0 Å². The van der Waals surface area contributed by atoms with E-state index in [4.69, 9.17) is 16.6 Å². The highest BCUT2D eigenvalue weighted by Gasteiger charge is 2.36. The van der Waals surface area contributed by atoms with E-state index in [2.05, 4.69) is 66.1 Å². The van der Waals surface area contributed by atoms with Gasteiger partial charge in [-0.15, -0.1) is 0 Å². The molecule has 0 N–H and O–H groups in total. The van der Waals surface area contributed by atoms with Gasteiger partial charge in [-0.25, -0.2) is 0 Å². The number of fused-ring (bicyclic) bond motifs is 2. The number of para-hydroxylation sites is 1. The highest BCUT2D eigenvalue weighted by Crippen LogP contribution is 2.44. The summed E-state index contributed by atoms with van der Waals surface area (Å²) in [6.07, 6.45) is 6.55. The number of hydrogen-bond donors (Lipinski definition) is 0. The van der Waals surface area contributed by atoms with E-state index in [0.29, 0.717) is 12.1 Å². The normalized spacial score (nSPS) is 23.8. The van der Waals surface area contributed by atoms with Crippen molar-refractivity contribution in [2.24, 2.45) is 4.99 Å². The molecule has 0 radical (unpaired) electrons. The monoisotopic (exact) mass is 377 g/mol. The van der Waals surface area contributed by atoms with Crippen LogP contribution in [0.5, 0.6) is 0 Å². The molecule has 27 heavy (non-hydrogen) atoms. The Hall–Kier alpha value is -2.26. The van der Waals surface area contributed by atoms with Gasteiger partial charge < -0.3 is 4.90 Å². The molecule has 0 aliphatic carbocycles. The molecule has 138 valence electrons. The van der Waals surface area contributed by atoms with E-state index in [1.165, 1.54) is 34.2 Å². The summed E-state index contributed by atoms with van der Waals surface area (Å²) in [7, 11) is 0. The molecule has 5 rings (SSSR count). The molecular weight excluding hydrogens is 354 g/mol. The molecule has 0 fully saturated rings. The number of anilines is 2. The molecule has 2 atom stereocenters. The highest BCUT2D eigenvalue weighted by atomic mass is 35.5. The van der Waals surface area contributed by atoms with Gasteiger partial charge in [0.2, 0.25) is 0 Å². The summed E-state index contributed by atoms with van der Waals surface area (Å²) >= 11 is 6.32. The Morgan fingerprint density at radius 3 is 2.67 bits per heavy atom. The van der Waals surface area contributed by atoms with Crippen molar-refractivity contribution in [2.75, 3.05) is 4.90 Å². The van der Waals surface area contributed by atoms with Gasteiger partial charge in [-0.2, -0.15) is 0 Å². The van der Waals surface area contributed by atoms with Crippen molar-refractivity contribution in [1.29, 1.82) is 0 Å². The minimum atomic E-state index is 0.425. The molecule has 0 saturated heterocycles. The minimum Gasteiger partial charge on any atom is -0.313 e. The van der Waals surface area contributed by atoms with Crippen LogP contribution >= 0.6 is 11.6 Å². The maximum atomic E-state index is 6.32. The Balaban J connectivity index is 1.65. The van der Waals surface area contributed by atoms with E-state index in [-0.39, 0.29) is 0 Å². The Morgan fingerprint density at radius 1 is 1.04 bits per heavy atom. The third kappa shape index (κ3) is 2.76. The number of halogens is 1. The van der Waals surface area contributed by atoms with Gasteiger partial charge in [0.15, 0.2) is 0 Å². The maximum Gasteiger partial charge on any atom is 0.115 e. The number of aliphatic imine (C=N–C) groups is 1. The van der Waals surface area contributed by atoms with E-state index in [0.717, 1.165) is 30.7 Å². The van der Waals surface area contributed by atoms with Gasteiger partial charge in [0.25, 0.3) is 0 Å². The van der Waals surface area contributed by atoms with Crippen LogP contribution in [0.4, 0.5) is 11.4 Å². The van der Waals surface area contributed by atoms with Crippen LogP contribution in [0.3, 0.4) is 0 Å². The summed E-state index contributed by atoms with van der Waals surface area (Å²) in [5.41, 5.74) is 5.12. The lowest BCUT2D eigenvalue weighted by Gasteiger charge is -2.39. The molecular formula is C23H24ClN3. The summed E-state index contributed by atoms with van der Waals surface area (Å²) in [5, 5.41) is 0.799. The molecule has 2 unspecified atom stereocenters. The quantitative estimate of drug-likeness (QED) is 0.616. The zero-order valence-electron chi connectivity index (χ0n) is 15.8. The third-order valence-corrected chi connectivity index (χ3v) is 6.12. The maximum absolute atomic E-state index is 6.32. The van der Waals surface area contributed by atoms with Gasteiger partial charge in [-0.1, -0.05) is 29.8 Å². The first kappa shape index (κ1) is 16.9. The molecule has 4 heteroatoms. The average Bonchev–Trinajstić information content (AvgIpc) is 3.24. The van der Waals surface area contributed by atoms with Crippen molar-refractivity contribution in [2.45, 2.75) is 51.6 Å². The Bertz CT molecular complexity index is 962. The minimum absolute atomic E-state index is 0.425. The molecule has 0 saturated carbocycles. The first-order chi connectivity index (χ1) is 13.1. The lowest BCUT2D eigenvalue weighted by atomic mass is 9.95. The van der Waals surface area contributed by atoms with Crippen LogP contribution in [0.25, 0.3) is 0 Å². The van der Waals surface area contributed by atoms with Crippen LogP contribution in [0.2, 0.25) is 5.02 Å². The molecule has 0 spiro atoms. The molecule has 3 nitrogen and oxygen atoms in total. The van der Waals surface area contributed by atoms with Crippen LogP contribution in [-0.4, -0.2) is 22.8 Å². The summed E-state index contributed by atoms with van der Waals surface area (Å²) in [6.45, 7) is 4.51. The standard InChI is InChI=1S/C23H24ClN3/c1-15-7-11-22(25-15)26-16(2)8-12-23(26)27-20-6-4-3-5-17(20)13-18-14-19(24)9-10-21(18)27/h3-6,9-10,12,14-16H,7-8,11,13H2,1-2H3. The van der Waals surface area contributed by atoms with Crippen LogP contribution in [0.1, 0.15) is 44.2 Å². The number of hydrogen-bond acceptors (Lipinski definition) is 3. The topological polar surface area (TPSA) is 18.8 Å². The van der Waals surface area contributed by atoms with Crippen molar-refractivity contribution >= 4 is 28.8 Å². The smallest absolute Gasteiger partial charge is 0.115 e. The molecule has 3 heterocycles. The van der Waals surface area contributed by atoms with Crippen LogP contribution in [-0.2, 0) is 6.42 Å². The zero-order valence-corrected chi connectivity index (χ0v) is 16.6. The third-order valence-electron chi connectivity index (χ3n) is 5.89. The molecule has 3 aliphatic rings. The van der Waals surface area contributed by atoms with Gasteiger partial charge in [-0.05, 0) is 68.2 Å². The first-order valence-electron chi connectivity index (χ1n) is 9.84. The number of nitrogens with zero attached hydrogens (tertiary/aromatic N) is 3. The lowest BCUT2D eigenvalue weighted by Crippen LogP contribution is -2.39. The van der Waals surface area contributed by atoms with Crippen molar-refractivity contribution in [3.05, 3.63) is 70.5 Å². The molecule has 0 bridgehead atoms. The molecule has 3 aliphatic heterocycles. The van der Waals surface area contributed by atoms with Gasteiger partial charge >= 0.3 is 0 Å². The fourth-order valence-electron chi connectivity index (χ4n) is 4.57. The molecule has 2 aromatic rings. The number of rotatable bonds is 1. The Labute approximate surface area is 166 Å². The van der Waals surface area contributed by atoms with E-state index in [9.17, 15) is 0 Å². The second-order valence-electron chi connectivity index (χ2n) is 7.86. The van der Waals surface area contributed by atoms with Gasteiger partial charge in [0, 0.05) is 29.9 Å². The van der Waals surface area contributed by atoms with Gasteiger partial charge in [0.1, 0.15) is 11.7 Å². The Kier molecular flexibility index (Phi) is 4.01. The van der Waals surface area contributed by atoms with E-state index in [1.807, 2.05) is 6.07 Å². The first-order valence-corrected chi connectivity index (χ1v) is 10.2. The van der Waals surface area contributed by atoms with Crippen LogP contribution in [0, 0.1) is 0 Å². The number of benzene rings is 2. The fourth-order valence-corrected chi connectivity index (χ4v) is 4.76. The van der Waals surface area contributed by atoms with Crippen molar-refractivity contribution in [3.63, 3.8) is 0 Å². The Morgan fingerprint density at radius 2 is 1.85 bits per heavy atom. The number of amidine groups is 1. The molecule has 0 amide bonds. The molecule has 0 aromatic heterocycles. The summed E-state index contributed by atoms with van der Waals surface area (Å²) < 4.78 is 0. The highest BCUT2D eigenvalue weighted by molar-refractivity contribution is 6.30. The largest absolute Gasteiger partial charge is 0.313 e. The SMILES string of the molecule is CC1CCC(N2C(N3c4ccccc4Cc4cc(Cl)ccc43)=CCC2C)=N1. The predicted octanol–water partition coefficient (Wildman–Crippen LogP) is 5.90. The van der Waals surface area contributed by atoms with Crippen LogP contribution < -0.4 is 4.90 Å². The van der Waals surface area contributed by atoms with Crippen molar-refractivity contribution < 1.29 is 0 Å². The van der Waals surface area contributed by atoms with Crippen LogP contribution in [0.15, 0.2) is 59.4 Å². The van der Waals surface area contributed by atoms with Gasteiger partial charge in [-0.3, -0.25) is 9.89 Å². The summed E-state index contributed by atoms with van der Waals surface area (Å²) in [6, 6.07) is 15.8. The molecule has 2 aromatic carbocycles. The van der Waals surface area contributed by atoms with E-state index in [1.54, 1.807) is 0 Å². The lowest BCUT2D eigenvalue weighted by molar-refractivity contribution is 0.426. The van der Waals surface area contributed by atoms with E-state index < -0.39 is 0 Å². The zero-order chi connectivity index (χ0) is 18.5. The average molecular weight is 378 g/mol. The van der Waals surface area contributed by atoms with Crippen molar-refractivity contribution in [1.82, 2.24) is 4.90 Å². The fraction of sp³-hybridized carbons (Fsp3) is 0.348. The second-order valence-corrected chi connectivity index (χ2v) is 8.30.